The normalized spacial score (nSPS) is 32.4. The molecule has 2 atom stereocenters. The van der Waals surface area contributed by atoms with E-state index in [1.165, 1.54) is 0 Å². The first kappa shape index (κ1) is 13.7. The maximum absolute atomic E-state index is 10.1. The molecule has 0 aliphatic carbocycles. The van der Waals surface area contributed by atoms with Crippen molar-refractivity contribution in [1.82, 2.24) is 0 Å². The van der Waals surface area contributed by atoms with Crippen LogP contribution in [0.25, 0.3) is 0 Å². The van der Waals surface area contributed by atoms with E-state index in [4.69, 9.17) is 4.74 Å². The summed E-state index contributed by atoms with van der Waals surface area (Å²) < 4.78 is 5.97. The molecule has 4 heteroatoms. The lowest BCUT2D eigenvalue weighted by Gasteiger charge is -2.38. The third-order valence-corrected chi connectivity index (χ3v) is 5.61. The lowest BCUT2D eigenvalue weighted by Crippen LogP contribution is -2.47. The average Bonchev–Trinajstić information content (AvgIpc) is 2.15. The topological polar surface area (TPSA) is 29.5 Å². The quantitative estimate of drug-likeness (QED) is 0.724. The summed E-state index contributed by atoms with van der Waals surface area (Å²) in [6, 6.07) is 0. The van der Waals surface area contributed by atoms with Gasteiger partial charge < -0.3 is 9.84 Å². The van der Waals surface area contributed by atoms with Gasteiger partial charge in [-0.1, -0.05) is 21.6 Å². The maximum atomic E-state index is 10.1. The van der Waals surface area contributed by atoms with E-state index >= 15 is 0 Å². The molecular formula is C11H22O2S2. The number of hydrogen-bond acceptors (Lipinski definition) is 4. The average molecular weight is 250 g/mol. The van der Waals surface area contributed by atoms with Gasteiger partial charge in [-0.25, -0.2) is 0 Å². The molecule has 1 saturated heterocycles. The van der Waals surface area contributed by atoms with Crippen LogP contribution in [0.5, 0.6) is 0 Å². The summed E-state index contributed by atoms with van der Waals surface area (Å²) in [5.41, 5.74) is -0.196. The SMILES string of the molecule is CC(C)(C)OC1C(O)CCSSC1(C)C. The smallest absolute Gasteiger partial charge is 0.0990 e. The number of aliphatic hydroxyl groups excluding tert-OH is 1. The molecule has 1 heterocycles. The minimum atomic E-state index is -0.346. The van der Waals surface area contributed by atoms with Gasteiger partial charge in [0.05, 0.1) is 17.8 Å². The van der Waals surface area contributed by atoms with E-state index in [1.54, 1.807) is 0 Å². The molecular weight excluding hydrogens is 228 g/mol. The Labute approximate surface area is 101 Å². The predicted molar refractivity (Wildman–Crippen MR) is 69.4 cm³/mol. The van der Waals surface area contributed by atoms with Gasteiger partial charge in [-0.3, -0.25) is 0 Å². The molecule has 0 aromatic carbocycles. The van der Waals surface area contributed by atoms with Crippen molar-refractivity contribution in [1.29, 1.82) is 0 Å². The molecule has 90 valence electrons. The van der Waals surface area contributed by atoms with Crippen molar-refractivity contribution in [2.24, 2.45) is 0 Å². The van der Waals surface area contributed by atoms with Crippen molar-refractivity contribution in [2.45, 2.75) is 63.6 Å². The molecule has 15 heavy (non-hydrogen) atoms. The van der Waals surface area contributed by atoms with Crippen LogP contribution in [-0.2, 0) is 4.74 Å². The summed E-state index contributed by atoms with van der Waals surface area (Å²) in [5, 5.41) is 10.1. The third-order valence-electron chi connectivity index (χ3n) is 2.29. The number of hydrogen-bond donors (Lipinski definition) is 1. The van der Waals surface area contributed by atoms with Gasteiger partial charge in [-0.15, -0.1) is 0 Å². The summed E-state index contributed by atoms with van der Waals surface area (Å²) in [7, 11) is 3.66. The fraction of sp³-hybridized carbons (Fsp3) is 1.00. The minimum absolute atomic E-state index is 0.0339. The van der Waals surface area contributed by atoms with E-state index in [0.717, 1.165) is 12.2 Å². The van der Waals surface area contributed by atoms with Crippen LogP contribution in [0.2, 0.25) is 0 Å². The lowest BCUT2D eigenvalue weighted by molar-refractivity contribution is -0.121. The predicted octanol–water partition coefficient (Wildman–Crippen LogP) is 3.09. The van der Waals surface area contributed by atoms with Crippen molar-refractivity contribution >= 4 is 21.6 Å². The molecule has 0 bridgehead atoms. The van der Waals surface area contributed by atoms with E-state index < -0.39 is 0 Å². The number of aliphatic hydroxyl groups is 1. The maximum Gasteiger partial charge on any atom is 0.0990 e. The Hall–Kier alpha value is 0.620. The van der Waals surface area contributed by atoms with E-state index in [1.807, 2.05) is 42.4 Å². The van der Waals surface area contributed by atoms with Crippen molar-refractivity contribution in [3.8, 4) is 0 Å². The Bertz CT molecular complexity index is 211. The first-order chi connectivity index (χ1) is 6.72. The molecule has 1 rings (SSSR count). The largest absolute Gasteiger partial charge is 0.390 e. The van der Waals surface area contributed by atoms with Crippen LogP contribution in [0.15, 0.2) is 0 Å². The summed E-state index contributed by atoms with van der Waals surface area (Å²) in [5.74, 6) is 0.999. The lowest BCUT2D eigenvalue weighted by atomic mass is 9.97. The van der Waals surface area contributed by atoms with Crippen LogP contribution in [0, 0.1) is 0 Å². The highest BCUT2D eigenvalue weighted by atomic mass is 33.1. The van der Waals surface area contributed by atoms with Gasteiger partial charge in [0.2, 0.25) is 0 Å². The molecule has 2 nitrogen and oxygen atoms in total. The molecule has 0 radical (unpaired) electrons. The fourth-order valence-corrected chi connectivity index (χ4v) is 4.39. The number of ether oxygens (including phenoxy) is 1. The van der Waals surface area contributed by atoms with Crippen molar-refractivity contribution in [3.05, 3.63) is 0 Å². The summed E-state index contributed by atoms with van der Waals surface area (Å²) >= 11 is 0. The van der Waals surface area contributed by atoms with Crippen LogP contribution in [0.4, 0.5) is 0 Å². The fourth-order valence-electron chi connectivity index (χ4n) is 1.63. The molecule has 0 spiro atoms. The van der Waals surface area contributed by atoms with E-state index in [-0.39, 0.29) is 22.6 Å². The second-order valence-electron chi connectivity index (χ2n) is 5.52. The highest BCUT2D eigenvalue weighted by Crippen LogP contribution is 2.44. The molecule has 0 amide bonds. The molecule has 1 aliphatic heterocycles. The Morgan fingerprint density at radius 3 is 2.47 bits per heavy atom. The highest BCUT2D eigenvalue weighted by Gasteiger charge is 2.40. The Balaban J connectivity index is 2.78. The molecule has 0 saturated carbocycles. The highest BCUT2D eigenvalue weighted by molar-refractivity contribution is 8.77. The zero-order valence-corrected chi connectivity index (χ0v) is 11.9. The molecule has 0 aromatic rings. The van der Waals surface area contributed by atoms with Crippen LogP contribution in [0.3, 0.4) is 0 Å². The first-order valence-electron chi connectivity index (χ1n) is 5.39. The van der Waals surface area contributed by atoms with Crippen LogP contribution >= 0.6 is 21.6 Å². The van der Waals surface area contributed by atoms with Crippen molar-refractivity contribution in [3.63, 3.8) is 0 Å². The molecule has 0 aromatic heterocycles. The standard InChI is InChI=1S/C11H22O2S2/c1-10(2,3)13-9-8(12)6-7-14-15-11(9,4)5/h8-9,12H,6-7H2,1-5H3. The van der Waals surface area contributed by atoms with Gasteiger partial charge in [0.25, 0.3) is 0 Å². The zero-order chi connectivity index (χ0) is 11.7. The van der Waals surface area contributed by atoms with Crippen LogP contribution in [-0.4, -0.2) is 33.4 Å². The summed E-state index contributed by atoms with van der Waals surface area (Å²) in [6.45, 7) is 10.4. The van der Waals surface area contributed by atoms with Crippen LogP contribution in [0.1, 0.15) is 41.0 Å². The second kappa shape index (κ2) is 4.86. The van der Waals surface area contributed by atoms with E-state index in [9.17, 15) is 5.11 Å². The molecule has 1 N–H and O–H groups in total. The Morgan fingerprint density at radius 2 is 1.93 bits per heavy atom. The van der Waals surface area contributed by atoms with E-state index in [2.05, 4.69) is 13.8 Å². The Morgan fingerprint density at radius 1 is 1.33 bits per heavy atom. The number of rotatable bonds is 1. The van der Waals surface area contributed by atoms with Gasteiger partial charge in [0, 0.05) is 10.5 Å². The van der Waals surface area contributed by atoms with Crippen molar-refractivity contribution in [2.75, 3.05) is 5.75 Å². The summed E-state index contributed by atoms with van der Waals surface area (Å²) in [6.07, 6.45) is 0.390. The first-order valence-corrected chi connectivity index (χ1v) is 7.71. The summed E-state index contributed by atoms with van der Waals surface area (Å²) in [4.78, 5) is 0. The zero-order valence-electron chi connectivity index (χ0n) is 10.2. The van der Waals surface area contributed by atoms with Gasteiger partial charge in [-0.2, -0.15) is 0 Å². The van der Waals surface area contributed by atoms with Crippen LogP contribution < -0.4 is 0 Å². The molecule has 2 unspecified atom stereocenters. The molecule has 1 fully saturated rings. The Kier molecular flexibility index (Phi) is 4.43. The molecule has 1 aliphatic rings. The van der Waals surface area contributed by atoms with E-state index in [0.29, 0.717) is 0 Å². The monoisotopic (exact) mass is 250 g/mol. The van der Waals surface area contributed by atoms with Crippen molar-refractivity contribution < 1.29 is 9.84 Å². The van der Waals surface area contributed by atoms with Gasteiger partial charge >= 0.3 is 0 Å². The van der Waals surface area contributed by atoms with Gasteiger partial charge in [0.15, 0.2) is 0 Å². The van der Waals surface area contributed by atoms with Gasteiger partial charge in [-0.05, 0) is 41.0 Å². The van der Waals surface area contributed by atoms with Gasteiger partial charge in [0.1, 0.15) is 0 Å². The third kappa shape index (κ3) is 4.17. The minimum Gasteiger partial charge on any atom is -0.390 e. The second-order valence-corrected chi connectivity index (χ2v) is 8.59.